The van der Waals surface area contributed by atoms with Crippen LogP contribution in [0, 0.1) is 0 Å². The third kappa shape index (κ3) is 5.91. The summed E-state index contributed by atoms with van der Waals surface area (Å²) in [5.74, 6) is 0.660. The van der Waals surface area contributed by atoms with E-state index in [9.17, 15) is 4.79 Å². The van der Waals surface area contributed by atoms with Gasteiger partial charge in [0.15, 0.2) is 0 Å². The molecule has 0 aliphatic rings. The lowest BCUT2D eigenvalue weighted by molar-refractivity contribution is -0.114. The van der Waals surface area contributed by atoms with E-state index >= 15 is 0 Å². The molecule has 144 valence electrons. The topological polar surface area (TPSA) is 50.4 Å². The molecule has 2 N–H and O–H groups in total. The number of halogens is 2. The lowest BCUT2D eigenvalue weighted by Gasteiger charge is -2.14. The average Bonchev–Trinajstić information content (AvgIpc) is 2.66. The van der Waals surface area contributed by atoms with Crippen molar-refractivity contribution in [1.29, 1.82) is 0 Å². The number of hydrogen-bond donors (Lipinski definition) is 2. The number of ether oxygens (including phenoxy) is 1. The summed E-state index contributed by atoms with van der Waals surface area (Å²) in [6, 6.07) is 20.6. The molecule has 0 aliphatic carbocycles. The van der Waals surface area contributed by atoms with Gasteiger partial charge in [-0.25, -0.2) is 0 Å². The molecule has 0 saturated heterocycles. The Morgan fingerprint density at radius 2 is 1.64 bits per heavy atom. The van der Waals surface area contributed by atoms with E-state index < -0.39 is 0 Å². The van der Waals surface area contributed by atoms with Crippen LogP contribution in [-0.2, 0) is 17.9 Å². The minimum atomic E-state index is -0.0962. The second kappa shape index (κ2) is 9.49. The molecule has 0 radical (unpaired) electrons. The van der Waals surface area contributed by atoms with Gasteiger partial charge >= 0.3 is 0 Å². The fraction of sp³-hybridized carbons (Fsp3) is 0.136. The van der Waals surface area contributed by atoms with Crippen LogP contribution in [-0.4, -0.2) is 5.91 Å². The van der Waals surface area contributed by atoms with Gasteiger partial charge in [-0.2, -0.15) is 0 Å². The predicted octanol–water partition coefficient (Wildman–Crippen LogP) is 6.14. The summed E-state index contributed by atoms with van der Waals surface area (Å²) in [5, 5.41) is 7.42. The summed E-state index contributed by atoms with van der Waals surface area (Å²) in [7, 11) is 0. The lowest BCUT2D eigenvalue weighted by atomic mass is 10.2. The smallest absolute Gasteiger partial charge is 0.221 e. The molecule has 1 amide bonds. The summed E-state index contributed by atoms with van der Waals surface area (Å²) >= 11 is 12.2. The van der Waals surface area contributed by atoms with Crippen LogP contribution in [0.5, 0.6) is 5.75 Å². The van der Waals surface area contributed by atoms with Gasteiger partial charge in [0.25, 0.3) is 0 Å². The Morgan fingerprint density at radius 1 is 0.929 bits per heavy atom. The minimum Gasteiger partial charge on any atom is -0.489 e. The molecule has 3 aromatic rings. The Kier molecular flexibility index (Phi) is 6.80. The fourth-order valence-corrected chi connectivity index (χ4v) is 3.09. The molecule has 0 aromatic heterocycles. The summed E-state index contributed by atoms with van der Waals surface area (Å²) in [6.07, 6.45) is 0. The molecule has 0 aliphatic heterocycles. The number of hydrogen-bond acceptors (Lipinski definition) is 3. The van der Waals surface area contributed by atoms with Gasteiger partial charge in [-0.1, -0.05) is 35.3 Å². The van der Waals surface area contributed by atoms with Gasteiger partial charge in [-0.3, -0.25) is 4.79 Å². The first-order valence-electron chi connectivity index (χ1n) is 8.77. The highest BCUT2D eigenvalue weighted by atomic mass is 35.5. The van der Waals surface area contributed by atoms with Crippen LogP contribution >= 0.6 is 23.2 Å². The third-order valence-electron chi connectivity index (χ3n) is 3.99. The number of nitrogens with one attached hydrogen (secondary N) is 2. The zero-order chi connectivity index (χ0) is 19.9. The van der Waals surface area contributed by atoms with Gasteiger partial charge < -0.3 is 15.4 Å². The van der Waals surface area contributed by atoms with Gasteiger partial charge in [0.05, 0.1) is 0 Å². The standard InChI is InChI=1S/C22H20Cl2N2O2/c1-15(27)26-21-8-6-20(7-9-21)25-13-17-12-19(24)5-10-22(17)28-14-16-3-2-4-18(23)11-16/h2-12,25H,13-14H2,1H3,(H,26,27). The van der Waals surface area contributed by atoms with Gasteiger partial charge in [-0.15, -0.1) is 0 Å². The highest BCUT2D eigenvalue weighted by Gasteiger charge is 2.06. The Balaban J connectivity index is 1.66. The Bertz CT molecular complexity index is 959. The summed E-state index contributed by atoms with van der Waals surface area (Å²) in [4.78, 5) is 11.1. The van der Waals surface area contributed by atoms with Crippen LogP contribution in [0.3, 0.4) is 0 Å². The van der Waals surface area contributed by atoms with Crippen molar-refractivity contribution in [3.05, 3.63) is 87.9 Å². The van der Waals surface area contributed by atoms with Crippen molar-refractivity contribution in [2.45, 2.75) is 20.1 Å². The summed E-state index contributed by atoms with van der Waals surface area (Å²) in [6.45, 7) is 2.45. The minimum absolute atomic E-state index is 0.0962. The zero-order valence-electron chi connectivity index (χ0n) is 15.3. The third-order valence-corrected chi connectivity index (χ3v) is 4.46. The van der Waals surface area contributed by atoms with E-state index in [-0.39, 0.29) is 5.91 Å². The zero-order valence-corrected chi connectivity index (χ0v) is 16.8. The van der Waals surface area contributed by atoms with E-state index in [1.807, 2.05) is 60.7 Å². The summed E-state index contributed by atoms with van der Waals surface area (Å²) < 4.78 is 5.98. The largest absolute Gasteiger partial charge is 0.489 e. The molecule has 0 spiro atoms. The van der Waals surface area contributed by atoms with Gasteiger partial charge in [0, 0.05) is 40.5 Å². The van der Waals surface area contributed by atoms with Gasteiger partial charge in [0.1, 0.15) is 12.4 Å². The number of anilines is 2. The highest BCUT2D eigenvalue weighted by molar-refractivity contribution is 6.30. The van der Waals surface area contributed by atoms with Crippen molar-refractivity contribution in [3.8, 4) is 5.75 Å². The SMILES string of the molecule is CC(=O)Nc1ccc(NCc2cc(Cl)ccc2OCc2cccc(Cl)c2)cc1. The Labute approximate surface area is 174 Å². The van der Waals surface area contributed by atoms with Crippen LogP contribution in [0.2, 0.25) is 10.0 Å². The monoisotopic (exact) mass is 414 g/mol. The predicted molar refractivity (Wildman–Crippen MR) is 115 cm³/mol. The molecule has 0 heterocycles. The van der Waals surface area contributed by atoms with E-state index in [1.54, 1.807) is 6.07 Å². The number of benzene rings is 3. The maximum atomic E-state index is 11.1. The Hall–Kier alpha value is -2.69. The molecule has 3 aromatic carbocycles. The van der Waals surface area contributed by atoms with Crippen molar-refractivity contribution in [2.24, 2.45) is 0 Å². The van der Waals surface area contributed by atoms with Crippen molar-refractivity contribution in [2.75, 3.05) is 10.6 Å². The van der Waals surface area contributed by atoms with Crippen molar-refractivity contribution >= 4 is 40.5 Å². The first kappa shape index (κ1) is 20.1. The second-order valence-electron chi connectivity index (χ2n) is 6.28. The lowest BCUT2D eigenvalue weighted by Crippen LogP contribution is -2.06. The van der Waals surface area contributed by atoms with Crippen molar-refractivity contribution < 1.29 is 9.53 Å². The van der Waals surface area contributed by atoms with Crippen LogP contribution in [0.15, 0.2) is 66.7 Å². The molecule has 0 fully saturated rings. The Morgan fingerprint density at radius 3 is 2.36 bits per heavy atom. The molecule has 0 saturated carbocycles. The first-order valence-corrected chi connectivity index (χ1v) is 9.52. The van der Waals surface area contributed by atoms with Crippen molar-refractivity contribution in [3.63, 3.8) is 0 Å². The van der Waals surface area contributed by atoms with E-state index in [2.05, 4.69) is 10.6 Å². The van der Waals surface area contributed by atoms with Crippen LogP contribution < -0.4 is 15.4 Å². The molecular formula is C22H20Cl2N2O2. The number of carbonyl (C=O) groups is 1. The number of rotatable bonds is 7. The van der Waals surface area contributed by atoms with Crippen LogP contribution in [0.25, 0.3) is 0 Å². The number of amides is 1. The van der Waals surface area contributed by atoms with Crippen molar-refractivity contribution in [1.82, 2.24) is 0 Å². The molecule has 3 rings (SSSR count). The fourth-order valence-electron chi connectivity index (χ4n) is 2.69. The van der Waals surface area contributed by atoms with E-state index in [1.165, 1.54) is 6.92 Å². The van der Waals surface area contributed by atoms with E-state index in [0.29, 0.717) is 23.2 Å². The molecule has 0 bridgehead atoms. The molecule has 0 unspecified atom stereocenters. The highest BCUT2D eigenvalue weighted by Crippen LogP contribution is 2.25. The molecule has 28 heavy (non-hydrogen) atoms. The van der Waals surface area contributed by atoms with Gasteiger partial charge in [0.2, 0.25) is 5.91 Å². The van der Waals surface area contributed by atoms with Crippen LogP contribution in [0.4, 0.5) is 11.4 Å². The quantitative estimate of drug-likeness (QED) is 0.487. The normalized spacial score (nSPS) is 10.4. The van der Waals surface area contributed by atoms with E-state index in [4.69, 9.17) is 27.9 Å². The maximum Gasteiger partial charge on any atom is 0.221 e. The summed E-state index contributed by atoms with van der Waals surface area (Å²) in [5.41, 5.74) is 3.62. The molecular weight excluding hydrogens is 395 g/mol. The van der Waals surface area contributed by atoms with Crippen LogP contribution in [0.1, 0.15) is 18.1 Å². The number of carbonyl (C=O) groups excluding carboxylic acids is 1. The average molecular weight is 415 g/mol. The maximum absolute atomic E-state index is 11.1. The van der Waals surface area contributed by atoms with E-state index in [0.717, 1.165) is 28.3 Å². The molecule has 4 nitrogen and oxygen atoms in total. The molecule has 0 atom stereocenters. The van der Waals surface area contributed by atoms with Gasteiger partial charge in [-0.05, 0) is 60.2 Å². The molecule has 6 heteroatoms. The first-order chi connectivity index (χ1) is 13.5. The second-order valence-corrected chi connectivity index (χ2v) is 7.16.